The highest BCUT2D eigenvalue weighted by Gasteiger charge is 2.32. The van der Waals surface area contributed by atoms with Gasteiger partial charge < -0.3 is 14.5 Å². The number of carbonyl (C=O) groups is 2. The molecule has 0 saturated carbocycles. The van der Waals surface area contributed by atoms with Crippen molar-refractivity contribution in [2.45, 2.75) is 45.6 Å². The predicted octanol–water partition coefficient (Wildman–Crippen LogP) is 5.20. The highest BCUT2D eigenvalue weighted by atomic mass is 19.1. The summed E-state index contributed by atoms with van der Waals surface area (Å²) in [5, 5.41) is 0. The Hall–Kier alpha value is -3.15. The Bertz CT molecular complexity index is 1010. The molecule has 0 aromatic heterocycles. The van der Waals surface area contributed by atoms with Gasteiger partial charge in [0.15, 0.2) is 0 Å². The molecule has 0 N–H and O–H groups in total. The molecule has 0 spiro atoms. The number of benzene rings is 2. The van der Waals surface area contributed by atoms with Gasteiger partial charge in [-0.05, 0) is 72.6 Å². The summed E-state index contributed by atoms with van der Waals surface area (Å²) in [6.45, 7) is 5.43. The Kier molecular flexibility index (Phi) is 9.47. The lowest BCUT2D eigenvalue weighted by atomic mass is 9.84. The maximum Gasteiger partial charge on any atom is 0.246 e. The molecule has 1 unspecified atom stereocenters. The quantitative estimate of drug-likeness (QED) is 0.464. The van der Waals surface area contributed by atoms with E-state index in [-0.39, 0.29) is 23.7 Å². The first kappa shape index (κ1) is 26.5. The van der Waals surface area contributed by atoms with E-state index in [2.05, 4.69) is 19.9 Å². The lowest BCUT2D eigenvalue weighted by Gasteiger charge is -2.40. The molecule has 6 heteroatoms. The molecule has 2 aromatic rings. The minimum absolute atomic E-state index is 0.0404. The van der Waals surface area contributed by atoms with Crippen LogP contribution in [0.25, 0.3) is 6.08 Å². The Balaban J connectivity index is 1.67. The summed E-state index contributed by atoms with van der Waals surface area (Å²) in [5.74, 6) is 1.24. The van der Waals surface area contributed by atoms with Gasteiger partial charge in [0, 0.05) is 38.7 Å². The van der Waals surface area contributed by atoms with Gasteiger partial charge in [0.1, 0.15) is 11.6 Å². The van der Waals surface area contributed by atoms with Gasteiger partial charge in [0.2, 0.25) is 11.8 Å². The number of likely N-dealkylation sites (tertiary alicyclic amines) is 1. The van der Waals surface area contributed by atoms with Crippen LogP contribution < -0.4 is 4.74 Å². The first-order valence-electron chi connectivity index (χ1n) is 12.4. The maximum absolute atomic E-state index is 13.1. The van der Waals surface area contributed by atoms with Crippen LogP contribution in [0.1, 0.15) is 44.2 Å². The number of likely N-dealkylation sites (N-methyl/N-ethyl adjacent to an activating group) is 1. The monoisotopic (exact) mass is 480 g/mol. The molecule has 1 heterocycles. The highest BCUT2D eigenvalue weighted by molar-refractivity contribution is 5.91. The smallest absolute Gasteiger partial charge is 0.246 e. The number of nitrogens with zero attached hydrogens (tertiary/aromatic N) is 2. The topological polar surface area (TPSA) is 49.9 Å². The number of carbonyl (C=O) groups excluding carboxylic acids is 2. The second kappa shape index (κ2) is 12.5. The van der Waals surface area contributed by atoms with Gasteiger partial charge in [0.05, 0.1) is 7.11 Å². The summed E-state index contributed by atoms with van der Waals surface area (Å²) in [7, 11) is 3.57. The third kappa shape index (κ3) is 7.67. The highest BCUT2D eigenvalue weighted by Crippen LogP contribution is 2.28. The Morgan fingerprint density at radius 2 is 1.83 bits per heavy atom. The zero-order chi connectivity index (χ0) is 25.4. The van der Waals surface area contributed by atoms with E-state index in [4.69, 9.17) is 4.74 Å². The number of hydrogen-bond donors (Lipinski definition) is 0. The molecule has 1 aliphatic heterocycles. The summed E-state index contributed by atoms with van der Waals surface area (Å²) in [6.07, 6.45) is 6.22. The molecule has 3 rings (SSSR count). The number of amides is 2. The zero-order valence-electron chi connectivity index (χ0n) is 21.2. The van der Waals surface area contributed by atoms with E-state index in [1.165, 1.54) is 12.1 Å². The molecule has 0 aliphatic carbocycles. The summed E-state index contributed by atoms with van der Waals surface area (Å²) in [6, 6.07) is 14.1. The van der Waals surface area contributed by atoms with Crippen LogP contribution in [0.2, 0.25) is 0 Å². The molecular weight excluding hydrogens is 443 g/mol. The van der Waals surface area contributed by atoms with Crippen molar-refractivity contribution in [3.8, 4) is 5.75 Å². The van der Waals surface area contributed by atoms with E-state index >= 15 is 0 Å². The fraction of sp³-hybridized carbons (Fsp3) is 0.448. The molecule has 188 valence electrons. The summed E-state index contributed by atoms with van der Waals surface area (Å²) in [5.41, 5.74) is 1.93. The molecule has 1 fully saturated rings. The van der Waals surface area contributed by atoms with Crippen molar-refractivity contribution in [2.75, 3.05) is 27.2 Å². The summed E-state index contributed by atoms with van der Waals surface area (Å²) in [4.78, 5) is 29.5. The molecule has 1 atom stereocenters. The average molecular weight is 481 g/mol. The van der Waals surface area contributed by atoms with Crippen molar-refractivity contribution in [3.05, 3.63) is 71.6 Å². The number of ether oxygens (including phenoxy) is 1. The molecule has 0 bridgehead atoms. The molecule has 2 aromatic carbocycles. The zero-order valence-corrected chi connectivity index (χ0v) is 21.2. The van der Waals surface area contributed by atoms with Crippen LogP contribution >= 0.6 is 0 Å². The second-order valence-corrected chi connectivity index (χ2v) is 9.77. The average Bonchev–Trinajstić information content (AvgIpc) is 2.86. The molecule has 2 amide bonds. The Morgan fingerprint density at radius 1 is 1.14 bits per heavy atom. The van der Waals surface area contributed by atoms with E-state index in [1.54, 1.807) is 31.4 Å². The first-order chi connectivity index (χ1) is 16.8. The SMILES string of the molecule is COc1cccc(CC(C2CCN(C(=O)/C=C/c3ccc(F)cc3)CC2)N(C)C(=O)CC(C)C)c1. The summed E-state index contributed by atoms with van der Waals surface area (Å²) >= 11 is 0. The van der Waals surface area contributed by atoms with E-state index in [0.717, 1.165) is 36.1 Å². The first-order valence-corrected chi connectivity index (χ1v) is 12.4. The standard InChI is InChI=1S/C29H37FN2O3/c1-21(2)18-29(34)31(3)27(20-23-6-5-7-26(19-23)35-4)24-14-16-32(17-15-24)28(33)13-10-22-8-11-25(30)12-9-22/h5-13,19,21,24,27H,14-18,20H2,1-4H3/b13-10+. The molecule has 1 aliphatic rings. The normalized spacial score (nSPS) is 15.4. The van der Waals surface area contributed by atoms with Crippen LogP contribution in [0.3, 0.4) is 0 Å². The maximum atomic E-state index is 13.1. The number of rotatable bonds is 9. The van der Waals surface area contributed by atoms with Crippen molar-refractivity contribution in [1.82, 2.24) is 9.80 Å². The fourth-order valence-electron chi connectivity index (χ4n) is 4.69. The number of hydrogen-bond acceptors (Lipinski definition) is 3. The van der Waals surface area contributed by atoms with Gasteiger partial charge in [0.25, 0.3) is 0 Å². The van der Waals surface area contributed by atoms with Crippen molar-refractivity contribution in [2.24, 2.45) is 11.8 Å². The van der Waals surface area contributed by atoms with Gasteiger partial charge in [-0.15, -0.1) is 0 Å². The van der Waals surface area contributed by atoms with Gasteiger partial charge >= 0.3 is 0 Å². The Morgan fingerprint density at radius 3 is 2.46 bits per heavy atom. The molecule has 35 heavy (non-hydrogen) atoms. The van der Waals surface area contributed by atoms with E-state index in [0.29, 0.717) is 31.3 Å². The molecular formula is C29H37FN2O3. The van der Waals surface area contributed by atoms with E-state index < -0.39 is 0 Å². The molecule has 5 nitrogen and oxygen atoms in total. The van der Waals surface area contributed by atoms with Gasteiger partial charge in [-0.25, -0.2) is 4.39 Å². The number of piperidine rings is 1. The minimum Gasteiger partial charge on any atom is -0.497 e. The predicted molar refractivity (Wildman–Crippen MR) is 137 cm³/mol. The van der Waals surface area contributed by atoms with Crippen molar-refractivity contribution in [3.63, 3.8) is 0 Å². The molecule has 1 saturated heterocycles. The van der Waals surface area contributed by atoms with Gasteiger partial charge in [-0.3, -0.25) is 9.59 Å². The van der Waals surface area contributed by atoms with Crippen LogP contribution in [0.5, 0.6) is 5.75 Å². The largest absolute Gasteiger partial charge is 0.497 e. The Labute approximate surface area is 208 Å². The molecule has 0 radical (unpaired) electrons. The lowest BCUT2D eigenvalue weighted by Crippen LogP contribution is -2.48. The van der Waals surface area contributed by atoms with Crippen molar-refractivity contribution in [1.29, 1.82) is 0 Å². The van der Waals surface area contributed by atoms with Crippen LogP contribution in [0.4, 0.5) is 4.39 Å². The minimum atomic E-state index is -0.295. The second-order valence-electron chi connectivity index (χ2n) is 9.77. The van der Waals surface area contributed by atoms with Crippen molar-refractivity contribution >= 4 is 17.9 Å². The summed E-state index contributed by atoms with van der Waals surface area (Å²) < 4.78 is 18.5. The van der Waals surface area contributed by atoms with Crippen molar-refractivity contribution < 1.29 is 18.7 Å². The van der Waals surface area contributed by atoms with E-state index in [9.17, 15) is 14.0 Å². The van der Waals surface area contributed by atoms with Crippen LogP contribution in [-0.2, 0) is 16.0 Å². The van der Waals surface area contributed by atoms with Gasteiger partial charge in [-0.1, -0.05) is 38.1 Å². The lowest BCUT2D eigenvalue weighted by molar-refractivity contribution is -0.135. The van der Waals surface area contributed by atoms with Crippen LogP contribution in [-0.4, -0.2) is 54.9 Å². The number of methoxy groups -OCH3 is 1. The van der Waals surface area contributed by atoms with Crippen LogP contribution in [0, 0.1) is 17.7 Å². The third-order valence-corrected chi connectivity index (χ3v) is 6.74. The van der Waals surface area contributed by atoms with Crippen LogP contribution in [0.15, 0.2) is 54.6 Å². The number of halogens is 1. The third-order valence-electron chi connectivity index (χ3n) is 6.74. The fourth-order valence-corrected chi connectivity index (χ4v) is 4.69. The van der Waals surface area contributed by atoms with E-state index in [1.807, 2.05) is 35.0 Å². The van der Waals surface area contributed by atoms with Gasteiger partial charge in [-0.2, -0.15) is 0 Å².